The Bertz CT molecular complexity index is 640. The summed E-state index contributed by atoms with van der Waals surface area (Å²) >= 11 is 6.90. The summed E-state index contributed by atoms with van der Waals surface area (Å²) in [6, 6.07) is 3.83. The third-order valence-corrected chi connectivity index (χ3v) is 5.53. The first-order valence-corrected chi connectivity index (χ1v) is 9.92. The Morgan fingerprint density at radius 3 is 2.40 bits per heavy atom. The van der Waals surface area contributed by atoms with Crippen LogP contribution in [0.2, 0.25) is 0 Å². The average molecular weight is 446 g/mol. The van der Waals surface area contributed by atoms with Crippen LogP contribution < -0.4 is 4.90 Å². The van der Waals surface area contributed by atoms with Crippen molar-refractivity contribution in [3.05, 3.63) is 26.6 Å². The first-order chi connectivity index (χ1) is 9.17. The van der Waals surface area contributed by atoms with Crippen molar-refractivity contribution in [1.82, 2.24) is 0 Å². The van der Waals surface area contributed by atoms with Gasteiger partial charge in [0.05, 0.1) is 11.4 Å². The molecular weight excluding hydrogens is 433 g/mol. The zero-order chi connectivity index (χ0) is 15.1. The van der Waals surface area contributed by atoms with Gasteiger partial charge in [-0.1, -0.05) is 0 Å². The lowest BCUT2D eigenvalue weighted by Crippen LogP contribution is -2.26. The van der Waals surface area contributed by atoms with Gasteiger partial charge in [-0.3, -0.25) is 4.79 Å². The molecule has 1 heterocycles. The second kappa shape index (κ2) is 5.94. The Morgan fingerprint density at radius 1 is 1.35 bits per heavy atom. The second-order valence-corrected chi connectivity index (χ2v) is 9.39. The highest BCUT2D eigenvalue weighted by atomic mass is 79.9. The fourth-order valence-electron chi connectivity index (χ4n) is 2.34. The number of carbonyl (C=O) groups excluding carboxylic acids is 1. The minimum absolute atomic E-state index is 0.0967. The van der Waals surface area contributed by atoms with Crippen LogP contribution in [0.1, 0.15) is 12.0 Å². The molecule has 1 amide bonds. The van der Waals surface area contributed by atoms with Crippen LogP contribution in [0.15, 0.2) is 21.1 Å². The van der Waals surface area contributed by atoms with Crippen molar-refractivity contribution in [1.29, 1.82) is 0 Å². The number of halogens is 3. The first kappa shape index (κ1) is 16.3. The van der Waals surface area contributed by atoms with Crippen molar-refractivity contribution in [3.63, 3.8) is 0 Å². The number of rotatable bonds is 3. The standard InChI is InChI=1S/C12H12Br2ClNO3S/c1-7-2-9(13)12(10(14)3-7)16-5-8(4-11(16)17)6-20(15,18)19/h2-3,8H,4-6H2,1H3. The molecule has 0 spiro atoms. The van der Waals surface area contributed by atoms with Crippen molar-refractivity contribution < 1.29 is 13.2 Å². The molecule has 110 valence electrons. The number of hydrogen-bond acceptors (Lipinski definition) is 3. The van der Waals surface area contributed by atoms with Gasteiger partial charge >= 0.3 is 0 Å². The molecule has 1 aliphatic heterocycles. The maximum Gasteiger partial charge on any atom is 0.232 e. The molecule has 2 rings (SSSR count). The zero-order valence-corrected chi connectivity index (χ0v) is 15.3. The van der Waals surface area contributed by atoms with Gasteiger partial charge in [-0.25, -0.2) is 8.42 Å². The summed E-state index contributed by atoms with van der Waals surface area (Å²) in [6.45, 7) is 2.30. The molecule has 0 saturated carbocycles. The number of anilines is 1. The van der Waals surface area contributed by atoms with E-state index in [9.17, 15) is 13.2 Å². The van der Waals surface area contributed by atoms with E-state index in [1.807, 2.05) is 19.1 Å². The molecule has 1 aromatic rings. The van der Waals surface area contributed by atoms with E-state index in [1.165, 1.54) is 0 Å². The van der Waals surface area contributed by atoms with Crippen LogP contribution in [-0.4, -0.2) is 26.6 Å². The lowest BCUT2D eigenvalue weighted by Gasteiger charge is -2.20. The maximum atomic E-state index is 12.1. The van der Waals surface area contributed by atoms with E-state index in [1.54, 1.807) is 4.90 Å². The predicted molar refractivity (Wildman–Crippen MR) is 86.7 cm³/mol. The third-order valence-electron chi connectivity index (χ3n) is 3.07. The predicted octanol–water partition coefficient (Wildman–Crippen LogP) is 3.44. The molecular formula is C12H12Br2ClNO3S. The van der Waals surface area contributed by atoms with Crippen molar-refractivity contribution in [3.8, 4) is 0 Å². The Hall–Kier alpha value is -0.110. The SMILES string of the molecule is Cc1cc(Br)c(N2CC(CS(=O)(=O)Cl)CC2=O)c(Br)c1. The Labute approximate surface area is 139 Å². The van der Waals surface area contributed by atoms with Crippen molar-refractivity contribution >= 4 is 63.2 Å². The van der Waals surface area contributed by atoms with Gasteiger partial charge in [-0.05, 0) is 56.5 Å². The van der Waals surface area contributed by atoms with E-state index in [2.05, 4.69) is 31.9 Å². The van der Waals surface area contributed by atoms with Crippen LogP contribution in [0, 0.1) is 12.8 Å². The molecule has 1 atom stereocenters. The topological polar surface area (TPSA) is 54.5 Å². The van der Waals surface area contributed by atoms with Gasteiger partial charge in [0.15, 0.2) is 0 Å². The van der Waals surface area contributed by atoms with Crippen molar-refractivity contribution in [2.75, 3.05) is 17.2 Å². The molecule has 20 heavy (non-hydrogen) atoms. The highest BCUT2D eigenvalue weighted by molar-refractivity contribution is 9.11. The Kier molecular flexibility index (Phi) is 4.83. The number of nitrogens with zero attached hydrogens (tertiary/aromatic N) is 1. The Balaban J connectivity index is 2.29. The lowest BCUT2D eigenvalue weighted by molar-refractivity contribution is -0.117. The number of benzene rings is 1. The summed E-state index contributed by atoms with van der Waals surface area (Å²) in [5, 5.41) is 0. The quantitative estimate of drug-likeness (QED) is 0.670. The van der Waals surface area contributed by atoms with E-state index in [0.717, 1.165) is 20.2 Å². The van der Waals surface area contributed by atoms with Gasteiger partial charge in [0, 0.05) is 38.5 Å². The number of amides is 1. The highest BCUT2D eigenvalue weighted by Gasteiger charge is 2.34. The van der Waals surface area contributed by atoms with Crippen LogP contribution in [0.4, 0.5) is 5.69 Å². The fraction of sp³-hybridized carbons (Fsp3) is 0.417. The summed E-state index contributed by atoms with van der Waals surface area (Å²) < 4.78 is 23.9. The number of aryl methyl sites for hydroxylation is 1. The number of carbonyl (C=O) groups is 1. The smallest absolute Gasteiger partial charge is 0.232 e. The lowest BCUT2D eigenvalue weighted by atomic mass is 10.1. The van der Waals surface area contributed by atoms with Crippen LogP contribution in [0.3, 0.4) is 0 Å². The molecule has 0 radical (unpaired) electrons. The van der Waals surface area contributed by atoms with Crippen LogP contribution in [0.5, 0.6) is 0 Å². The molecule has 1 aliphatic rings. The van der Waals surface area contributed by atoms with Crippen molar-refractivity contribution in [2.45, 2.75) is 13.3 Å². The molecule has 4 nitrogen and oxygen atoms in total. The van der Waals surface area contributed by atoms with Gasteiger partial charge in [0.2, 0.25) is 15.0 Å². The largest absolute Gasteiger partial charge is 0.310 e. The Morgan fingerprint density at radius 2 is 1.90 bits per heavy atom. The van der Waals surface area contributed by atoms with E-state index < -0.39 is 9.05 Å². The summed E-state index contributed by atoms with van der Waals surface area (Å²) in [7, 11) is 1.67. The third kappa shape index (κ3) is 3.75. The van der Waals surface area contributed by atoms with Crippen LogP contribution >= 0.6 is 42.5 Å². The summed E-state index contributed by atoms with van der Waals surface area (Å²) in [6.07, 6.45) is 0.193. The molecule has 0 aromatic heterocycles. The molecule has 0 bridgehead atoms. The molecule has 0 N–H and O–H groups in total. The van der Waals surface area contributed by atoms with Crippen LogP contribution in [-0.2, 0) is 13.8 Å². The average Bonchev–Trinajstić information content (AvgIpc) is 2.55. The first-order valence-electron chi connectivity index (χ1n) is 5.85. The molecule has 0 aliphatic carbocycles. The molecule has 1 unspecified atom stereocenters. The van der Waals surface area contributed by atoms with Gasteiger partial charge in [-0.15, -0.1) is 0 Å². The van der Waals surface area contributed by atoms with Gasteiger partial charge in [0.25, 0.3) is 0 Å². The molecule has 1 fully saturated rings. The summed E-state index contributed by atoms with van der Waals surface area (Å²) in [5.74, 6) is -0.552. The summed E-state index contributed by atoms with van der Waals surface area (Å²) in [4.78, 5) is 13.7. The molecule has 1 aromatic carbocycles. The van der Waals surface area contributed by atoms with E-state index in [-0.39, 0.29) is 24.0 Å². The minimum Gasteiger partial charge on any atom is -0.310 e. The normalized spacial score (nSPS) is 19.7. The maximum absolute atomic E-state index is 12.1. The zero-order valence-electron chi connectivity index (χ0n) is 10.6. The monoisotopic (exact) mass is 443 g/mol. The fourth-order valence-corrected chi connectivity index (χ4v) is 5.51. The summed E-state index contributed by atoms with van der Waals surface area (Å²) in [5.41, 5.74) is 1.79. The van der Waals surface area contributed by atoms with Crippen molar-refractivity contribution in [2.24, 2.45) is 5.92 Å². The minimum atomic E-state index is -3.59. The highest BCUT2D eigenvalue weighted by Crippen LogP contribution is 2.38. The number of hydrogen-bond donors (Lipinski definition) is 0. The van der Waals surface area contributed by atoms with Gasteiger partial charge in [0.1, 0.15) is 0 Å². The van der Waals surface area contributed by atoms with Gasteiger partial charge < -0.3 is 4.90 Å². The molecule has 8 heteroatoms. The van der Waals surface area contributed by atoms with E-state index >= 15 is 0 Å². The van der Waals surface area contributed by atoms with E-state index in [4.69, 9.17) is 10.7 Å². The van der Waals surface area contributed by atoms with Gasteiger partial charge in [-0.2, -0.15) is 0 Å². The van der Waals surface area contributed by atoms with E-state index in [0.29, 0.717) is 6.54 Å². The molecule has 1 saturated heterocycles. The van der Waals surface area contributed by atoms with Crippen LogP contribution in [0.25, 0.3) is 0 Å². The second-order valence-electron chi connectivity index (χ2n) is 4.86.